The maximum Gasteiger partial charge on any atom is 0.263 e. The second-order valence-electron chi connectivity index (χ2n) is 7.18. The molecule has 2 aliphatic rings. The summed E-state index contributed by atoms with van der Waals surface area (Å²) in [6.07, 6.45) is 2.35. The van der Waals surface area contributed by atoms with Crippen LogP contribution in [0, 0.1) is 5.82 Å². The molecule has 3 rings (SSSR count). The molecule has 2 N–H and O–H groups in total. The second kappa shape index (κ2) is 9.17. The highest BCUT2D eigenvalue weighted by atomic mass is 79.9. The van der Waals surface area contributed by atoms with Crippen LogP contribution in [0.4, 0.5) is 4.39 Å². The molecular weight excluding hydrogens is 455 g/mol. The standard InChI is InChI=1S/C18H24BrFN2O5S/c19-14-5-4-13(11-15(14)20)12-21-18(6-9-28(24,25)10-7-18)17(23)22-27-16-3-1-2-8-26-16/h4-5,11,16,21H,1-3,6-10,12H2,(H,22,23). The van der Waals surface area contributed by atoms with Gasteiger partial charge in [0, 0.05) is 19.6 Å². The lowest BCUT2D eigenvalue weighted by molar-refractivity contribution is -0.203. The van der Waals surface area contributed by atoms with Gasteiger partial charge in [-0.1, -0.05) is 6.07 Å². The van der Waals surface area contributed by atoms with E-state index in [1.165, 1.54) is 6.07 Å². The van der Waals surface area contributed by atoms with Crippen molar-refractivity contribution in [3.8, 4) is 0 Å². The number of benzene rings is 1. The van der Waals surface area contributed by atoms with Gasteiger partial charge in [-0.3, -0.25) is 10.1 Å². The van der Waals surface area contributed by atoms with E-state index in [0.29, 0.717) is 23.1 Å². The lowest BCUT2D eigenvalue weighted by Crippen LogP contribution is -2.60. The summed E-state index contributed by atoms with van der Waals surface area (Å²) in [5, 5.41) is 3.14. The molecule has 0 aliphatic carbocycles. The minimum atomic E-state index is -3.17. The van der Waals surface area contributed by atoms with Gasteiger partial charge < -0.3 is 4.74 Å². The molecule has 28 heavy (non-hydrogen) atoms. The molecule has 2 saturated heterocycles. The zero-order valence-electron chi connectivity index (χ0n) is 15.4. The van der Waals surface area contributed by atoms with Crippen molar-refractivity contribution in [3.63, 3.8) is 0 Å². The fraction of sp³-hybridized carbons (Fsp3) is 0.611. The lowest BCUT2D eigenvalue weighted by Gasteiger charge is -2.37. The number of amides is 1. The predicted molar refractivity (Wildman–Crippen MR) is 104 cm³/mol. The first-order valence-electron chi connectivity index (χ1n) is 9.27. The van der Waals surface area contributed by atoms with Crippen LogP contribution >= 0.6 is 15.9 Å². The van der Waals surface area contributed by atoms with Gasteiger partial charge in [-0.05, 0) is 59.3 Å². The Hall–Kier alpha value is -1.07. The number of ether oxygens (including phenoxy) is 1. The number of hydrogen-bond donors (Lipinski definition) is 2. The van der Waals surface area contributed by atoms with Crippen molar-refractivity contribution in [2.75, 3.05) is 18.1 Å². The van der Waals surface area contributed by atoms with Gasteiger partial charge in [-0.15, -0.1) is 0 Å². The first-order valence-corrected chi connectivity index (χ1v) is 11.9. The SMILES string of the molecule is O=C(NOC1CCCCO1)C1(NCc2ccc(Br)c(F)c2)CCS(=O)(=O)CC1. The van der Waals surface area contributed by atoms with Crippen molar-refractivity contribution in [2.24, 2.45) is 0 Å². The Kier molecular flexibility index (Phi) is 7.08. The molecule has 1 aromatic rings. The van der Waals surface area contributed by atoms with Gasteiger partial charge in [0.25, 0.3) is 5.91 Å². The number of hydrogen-bond acceptors (Lipinski definition) is 6. The van der Waals surface area contributed by atoms with Crippen molar-refractivity contribution in [1.82, 2.24) is 10.8 Å². The van der Waals surface area contributed by atoms with E-state index in [4.69, 9.17) is 9.57 Å². The van der Waals surface area contributed by atoms with Crippen LogP contribution in [0.15, 0.2) is 22.7 Å². The van der Waals surface area contributed by atoms with Gasteiger partial charge in [-0.2, -0.15) is 0 Å². The maximum absolute atomic E-state index is 13.8. The fourth-order valence-corrected chi connectivity index (χ4v) is 5.08. The first-order chi connectivity index (χ1) is 13.3. The first kappa shape index (κ1) is 21.6. The summed E-state index contributed by atoms with van der Waals surface area (Å²) in [7, 11) is -3.17. The van der Waals surface area contributed by atoms with E-state index in [0.717, 1.165) is 12.8 Å². The van der Waals surface area contributed by atoms with Gasteiger partial charge in [0.15, 0.2) is 6.29 Å². The van der Waals surface area contributed by atoms with Gasteiger partial charge in [0.05, 0.1) is 16.0 Å². The van der Waals surface area contributed by atoms with Crippen LogP contribution in [0.25, 0.3) is 0 Å². The van der Waals surface area contributed by atoms with E-state index in [1.54, 1.807) is 12.1 Å². The van der Waals surface area contributed by atoms with E-state index >= 15 is 0 Å². The second-order valence-corrected chi connectivity index (χ2v) is 10.3. The molecule has 0 spiro atoms. The van der Waals surface area contributed by atoms with E-state index in [-0.39, 0.29) is 30.9 Å². The topological polar surface area (TPSA) is 93.7 Å². The Morgan fingerprint density at radius 3 is 2.71 bits per heavy atom. The third kappa shape index (κ3) is 5.50. The van der Waals surface area contributed by atoms with Crippen molar-refractivity contribution in [1.29, 1.82) is 0 Å². The summed E-state index contributed by atoms with van der Waals surface area (Å²) in [4.78, 5) is 18.3. The van der Waals surface area contributed by atoms with E-state index < -0.39 is 33.4 Å². The van der Waals surface area contributed by atoms with Gasteiger partial charge in [0.1, 0.15) is 21.2 Å². The minimum absolute atomic E-state index is 0.0952. The summed E-state index contributed by atoms with van der Waals surface area (Å²) in [5.41, 5.74) is 1.99. The van der Waals surface area contributed by atoms with Crippen LogP contribution in [0.2, 0.25) is 0 Å². The Balaban J connectivity index is 1.67. The van der Waals surface area contributed by atoms with Crippen molar-refractivity contribution >= 4 is 31.7 Å². The lowest BCUT2D eigenvalue weighted by atomic mass is 9.91. The summed E-state index contributed by atoms with van der Waals surface area (Å²) in [6.45, 7) is 0.800. The molecule has 2 heterocycles. The van der Waals surface area contributed by atoms with Gasteiger partial charge in [-0.25, -0.2) is 23.1 Å². The van der Waals surface area contributed by atoms with Crippen molar-refractivity contribution < 1.29 is 27.2 Å². The number of carbonyl (C=O) groups is 1. The van der Waals surface area contributed by atoms with E-state index in [2.05, 4.69) is 26.7 Å². The highest BCUT2D eigenvalue weighted by molar-refractivity contribution is 9.10. The number of sulfone groups is 1. The number of halogens is 2. The molecule has 2 aliphatic heterocycles. The molecule has 0 saturated carbocycles. The quantitative estimate of drug-likeness (QED) is 0.608. The largest absolute Gasteiger partial charge is 0.350 e. The molecule has 1 unspecified atom stereocenters. The number of nitrogens with one attached hydrogen (secondary N) is 2. The summed E-state index contributed by atoms with van der Waals surface area (Å²) < 4.78 is 43.3. The van der Waals surface area contributed by atoms with Crippen molar-refractivity contribution in [3.05, 3.63) is 34.1 Å². The highest BCUT2D eigenvalue weighted by Crippen LogP contribution is 2.26. The molecule has 1 amide bonds. The number of rotatable bonds is 6. The Morgan fingerprint density at radius 2 is 2.07 bits per heavy atom. The molecule has 10 heteroatoms. The Labute approximate surface area is 172 Å². The fourth-order valence-electron chi connectivity index (χ4n) is 3.31. The van der Waals surface area contributed by atoms with E-state index in [9.17, 15) is 17.6 Å². The molecule has 0 aromatic heterocycles. The Morgan fingerprint density at radius 1 is 1.32 bits per heavy atom. The molecule has 7 nitrogen and oxygen atoms in total. The van der Waals surface area contributed by atoms with Crippen LogP contribution in [0.5, 0.6) is 0 Å². The summed E-state index contributed by atoms with van der Waals surface area (Å²) >= 11 is 3.11. The van der Waals surface area contributed by atoms with Gasteiger partial charge >= 0.3 is 0 Å². The van der Waals surface area contributed by atoms with Crippen LogP contribution in [0.1, 0.15) is 37.7 Å². The average molecular weight is 479 g/mol. The zero-order chi connectivity index (χ0) is 20.2. The van der Waals surface area contributed by atoms with Crippen molar-refractivity contribution in [2.45, 2.75) is 50.5 Å². The van der Waals surface area contributed by atoms with E-state index in [1.807, 2.05) is 0 Å². The molecule has 156 valence electrons. The minimum Gasteiger partial charge on any atom is -0.350 e. The predicted octanol–water partition coefficient (Wildman–Crippen LogP) is 2.20. The number of carbonyl (C=O) groups excluding carboxylic acids is 1. The maximum atomic E-state index is 13.8. The molecular formula is C18H24BrFN2O5S. The average Bonchev–Trinajstić information content (AvgIpc) is 2.69. The van der Waals surface area contributed by atoms with Crippen LogP contribution < -0.4 is 10.8 Å². The smallest absolute Gasteiger partial charge is 0.263 e. The molecule has 1 aromatic carbocycles. The van der Waals surface area contributed by atoms with Crippen LogP contribution in [0.3, 0.4) is 0 Å². The summed E-state index contributed by atoms with van der Waals surface area (Å²) in [6, 6.07) is 4.69. The van der Waals surface area contributed by atoms with Crippen LogP contribution in [-0.2, 0) is 30.8 Å². The molecule has 2 fully saturated rings. The molecule has 1 atom stereocenters. The third-order valence-electron chi connectivity index (χ3n) is 5.15. The summed E-state index contributed by atoms with van der Waals surface area (Å²) in [5.74, 6) is -1.03. The third-order valence-corrected chi connectivity index (χ3v) is 7.45. The van der Waals surface area contributed by atoms with Crippen LogP contribution in [-0.4, -0.2) is 44.3 Å². The Bertz CT molecular complexity index is 800. The zero-order valence-corrected chi connectivity index (χ0v) is 17.8. The molecule has 0 bridgehead atoms. The highest BCUT2D eigenvalue weighted by Gasteiger charge is 2.43. The normalized spacial score (nSPS) is 23.9. The monoisotopic (exact) mass is 478 g/mol. The molecule has 0 radical (unpaired) electrons. The number of hydroxylamine groups is 1. The van der Waals surface area contributed by atoms with Gasteiger partial charge in [0.2, 0.25) is 0 Å².